The van der Waals surface area contributed by atoms with E-state index in [9.17, 15) is 9.59 Å². The molecule has 2 amide bonds. The normalized spacial score (nSPS) is 20.7. The number of nitrogens with zero attached hydrogens (tertiary/aromatic N) is 3. The second-order valence-electron chi connectivity index (χ2n) is 7.36. The SMILES string of the molecule is CN(C(=O)c1cnccn1)C1(C(=O)NC2CCCCC2)CCCCC1. The molecule has 0 aliphatic heterocycles. The second-order valence-corrected chi connectivity index (χ2v) is 7.36. The number of rotatable bonds is 4. The van der Waals surface area contributed by atoms with Gasteiger partial charge in [0.05, 0.1) is 6.20 Å². The molecule has 1 aromatic heterocycles. The van der Waals surface area contributed by atoms with Crippen molar-refractivity contribution in [3.8, 4) is 0 Å². The summed E-state index contributed by atoms with van der Waals surface area (Å²) in [5.74, 6) is -0.215. The molecule has 3 rings (SSSR count). The van der Waals surface area contributed by atoms with Crippen molar-refractivity contribution in [2.45, 2.75) is 75.8 Å². The maximum Gasteiger partial charge on any atom is 0.274 e. The monoisotopic (exact) mass is 344 g/mol. The Morgan fingerprint density at radius 2 is 1.76 bits per heavy atom. The van der Waals surface area contributed by atoms with Crippen LogP contribution in [0, 0.1) is 0 Å². The maximum absolute atomic E-state index is 13.2. The number of hydrogen-bond acceptors (Lipinski definition) is 4. The minimum absolute atomic E-state index is 0.0128. The van der Waals surface area contributed by atoms with Crippen molar-refractivity contribution in [3.63, 3.8) is 0 Å². The molecule has 2 aliphatic carbocycles. The van der Waals surface area contributed by atoms with Crippen LogP contribution in [-0.4, -0.2) is 45.3 Å². The molecule has 0 atom stereocenters. The lowest BCUT2D eigenvalue weighted by molar-refractivity contribution is -0.134. The molecule has 25 heavy (non-hydrogen) atoms. The molecule has 1 aromatic rings. The van der Waals surface area contributed by atoms with Gasteiger partial charge in [-0.2, -0.15) is 0 Å². The highest BCUT2D eigenvalue weighted by Gasteiger charge is 2.46. The molecule has 1 N–H and O–H groups in total. The lowest BCUT2D eigenvalue weighted by atomic mass is 9.79. The molecule has 0 unspecified atom stereocenters. The summed E-state index contributed by atoms with van der Waals surface area (Å²) < 4.78 is 0. The van der Waals surface area contributed by atoms with Crippen LogP contribution in [-0.2, 0) is 4.79 Å². The van der Waals surface area contributed by atoms with Crippen molar-refractivity contribution in [1.29, 1.82) is 0 Å². The second kappa shape index (κ2) is 7.93. The van der Waals surface area contributed by atoms with Gasteiger partial charge in [-0.1, -0.05) is 38.5 Å². The molecule has 2 aliphatic rings. The van der Waals surface area contributed by atoms with Gasteiger partial charge in [-0.25, -0.2) is 4.98 Å². The van der Waals surface area contributed by atoms with Crippen LogP contribution in [0.3, 0.4) is 0 Å². The van der Waals surface area contributed by atoms with Gasteiger partial charge < -0.3 is 10.2 Å². The van der Waals surface area contributed by atoms with Crippen molar-refractivity contribution in [3.05, 3.63) is 24.3 Å². The molecule has 2 saturated carbocycles. The number of likely N-dealkylation sites (N-methyl/N-ethyl adjacent to an activating group) is 1. The average molecular weight is 344 g/mol. The van der Waals surface area contributed by atoms with Gasteiger partial charge in [-0.15, -0.1) is 0 Å². The van der Waals surface area contributed by atoms with Crippen LogP contribution in [0.5, 0.6) is 0 Å². The van der Waals surface area contributed by atoms with E-state index in [0.29, 0.717) is 18.5 Å². The van der Waals surface area contributed by atoms with Gasteiger partial charge in [0.1, 0.15) is 11.2 Å². The molecule has 6 heteroatoms. The summed E-state index contributed by atoms with van der Waals surface area (Å²) in [4.78, 5) is 35.8. The first-order chi connectivity index (χ1) is 12.1. The summed E-state index contributed by atoms with van der Waals surface area (Å²) >= 11 is 0. The Kier molecular flexibility index (Phi) is 5.66. The number of carbonyl (C=O) groups excluding carboxylic acids is 2. The van der Waals surface area contributed by atoms with Crippen LogP contribution in [0.4, 0.5) is 0 Å². The maximum atomic E-state index is 13.2. The van der Waals surface area contributed by atoms with Crippen LogP contribution in [0.25, 0.3) is 0 Å². The van der Waals surface area contributed by atoms with Gasteiger partial charge >= 0.3 is 0 Å². The molecule has 0 spiro atoms. The van der Waals surface area contributed by atoms with E-state index in [1.165, 1.54) is 31.7 Å². The highest BCUT2D eigenvalue weighted by atomic mass is 16.2. The van der Waals surface area contributed by atoms with E-state index in [2.05, 4.69) is 15.3 Å². The number of hydrogen-bond donors (Lipinski definition) is 1. The van der Waals surface area contributed by atoms with Crippen LogP contribution >= 0.6 is 0 Å². The third-order valence-electron chi connectivity index (χ3n) is 5.77. The van der Waals surface area contributed by atoms with Gasteiger partial charge in [0.25, 0.3) is 5.91 Å². The minimum atomic E-state index is -0.760. The molecular formula is C19H28N4O2. The predicted octanol–water partition coefficient (Wildman–Crippen LogP) is 2.70. The zero-order valence-electron chi connectivity index (χ0n) is 15.0. The Balaban J connectivity index is 1.79. The van der Waals surface area contributed by atoms with Crippen molar-refractivity contribution >= 4 is 11.8 Å². The van der Waals surface area contributed by atoms with Crippen LogP contribution in [0.1, 0.15) is 74.7 Å². The molecule has 1 heterocycles. The summed E-state index contributed by atoms with van der Waals surface area (Å²) in [6.07, 6.45) is 14.7. The molecule has 2 fully saturated rings. The largest absolute Gasteiger partial charge is 0.351 e. The van der Waals surface area contributed by atoms with Crippen molar-refractivity contribution in [2.24, 2.45) is 0 Å². The van der Waals surface area contributed by atoms with Gasteiger partial charge in [-0.3, -0.25) is 14.6 Å². The van der Waals surface area contributed by atoms with E-state index in [-0.39, 0.29) is 17.9 Å². The average Bonchev–Trinajstić information content (AvgIpc) is 2.68. The first kappa shape index (κ1) is 17.8. The van der Waals surface area contributed by atoms with E-state index in [1.807, 2.05) is 0 Å². The number of amides is 2. The molecule has 136 valence electrons. The van der Waals surface area contributed by atoms with Gasteiger partial charge in [0, 0.05) is 25.5 Å². The van der Waals surface area contributed by atoms with E-state index in [0.717, 1.165) is 32.1 Å². The standard InChI is InChI=1S/C19H28N4O2/c1-23(17(24)16-14-20-12-13-21-16)19(10-6-3-7-11-19)18(25)22-15-8-4-2-5-9-15/h12-15H,2-11H2,1H3,(H,22,25). The summed E-state index contributed by atoms with van der Waals surface area (Å²) in [5.41, 5.74) is -0.468. The topological polar surface area (TPSA) is 75.2 Å². The zero-order chi connectivity index (χ0) is 17.7. The van der Waals surface area contributed by atoms with E-state index < -0.39 is 5.54 Å². The fraction of sp³-hybridized carbons (Fsp3) is 0.684. The van der Waals surface area contributed by atoms with Gasteiger partial charge in [0.2, 0.25) is 5.91 Å². The van der Waals surface area contributed by atoms with Crippen LogP contribution < -0.4 is 5.32 Å². The van der Waals surface area contributed by atoms with E-state index >= 15 is 0 Å². The summed E-state index contributed by atoms with van der Waals surface area (Å²) in [6, 6.07) is 0.250. The Labute approximate surface area is 149 Å². The highest BCUT2D eigenvalue weighted by molar-refractivity contribution is 5.97. The number of nitrogens with one attached hydrogen (secondary N) is 1. The summed E-state index contributed by atoms with van der Waals surface area (Å²) in [7, 11) is 1.74. The third-order valence-corrected chi connectivity index (χ3v) is 5.77. The highest BCUT2D eigenvalue weighted by Crippen LogP contribution is 2.34. The Bertz CT molecular complexity index is 593. The van der Waals surface area contributed by atoms with Crippen molar-refractivity contribution in [1.82, 2.24) is 20.2 Å². The van der Waals surface area contributed by atoms with Crippen molar-refractivity contribution in [2.75, 3.05) is 7.05 Å². The summed E-state index contributed by atoms with van der Waals surface area (Å²) in [6.45, 7) is 0. The minimum Gasteiger partial charge on any atom is -0.351 e. The smallest absolute Gasteiger partial charge is 0.274 e. The van der Waals surface area contributed by atoms with E-state index in [4.69, 9.17) is 0 Å². The summed E-state index contributed by atoms with van der Waals surface area (Å²) in [5, 5.41) is 3.25. The third kappa shape index (κ3) is 3.83. The van der Waals surface area contributed by atoms with E-state index in [1.54, 1.807) is 18.1 Å². The Morgan fingerprint density at radius 3 is 2.40 bits per heavy atom. The Morgan fingerprint density at radius 1 is 1.08 bits per heavy atom. The molecule has 0 aromatic carbocycles. The first-order valence-corrected chi connectivity index (χ1v) is 9.49. The molecule has 0 radical (unpaired) electrons. The zero-order valence-corrected chi connectivity index (χ0v) is 15.0. The fourth-order valence-corrected chi connectivity index (χ4v) is 4.19. The van der Waals surface area contributed by atoms with Gasteiger partial charge in [-0.05, 0) is 25.7 Å². The van der Waals surface area contributed by atoms with Crippen LogP contribution in [0.2, 0.25) is 0 Å². The first-order valence-electron chi connectivity index (χ1n) is 9.49. The predicted molar refractivity (Wildman–Crippen MR) is 95.0 cm³/mol. The van der Waals surface area contributed by atoms with Crippen molar-refractivity contribution < 1.29 is 9.59 Å². The molecule has 0 bridgehead atoms. The Hall–Kier alpha value is -1.98. The lowest BCUT2D eigenvalue weighted by Gasteiger charge is -2.44. The number of aromatic nitrogens is 2. The molecular weight excluding hydrogens is 316 g/mol. The van der Waals surface area contributed by atoms with Gasteiger partial charge in [0.15, 0.2) is 0 Å². The molecule has 6 nitrogen and oxygen atoms in total. The fourth-order valence-electron chi connectivity index (χ4n) is 4.19. The quantitative estimate of drug-likeness (QED) is 0.911. The molecule has 0 saturated heterocycles. The number of carbonyl (C=O) groups is 2. The van der Waals surface area contributed by atoms with Crippen LogP contribution in [0.15, 0.2) is 18.6 Å². The lowest BCUT2D eigenvalue weighted by Crippen LogP contribution is -2.61.